The van der Waals surface area contributed by atoms with Gasteiger partial charge < -0.3 is 20.3 Å². The summed E-state index contributed by atoms with van der Waals surface area (Å²) in [5.41, 5.74) is 1.53. The van der Waals surface area contributed by atoms with Crippen molar-refractivity contribution in [3.05, 3.63) is 16.0 Å². The summed E-state index contributed by atoms with van der Waals surface area (Å²) in [6, 6.07) is 0. The lowest BCUT2D eigenvalue weighted by Crippen LogP contribution is -3.11. The molecule has 2 rings (SSSR count). The lowest BCUT2D eigenvalue weighted by Gasteiger charge is -2.13. The minimum absolute atomic E-state index is 0.0692. The average Bonchev–Trinajstić information content (AvgIpc) is 2.79. The van der Waals surface area contributed by atoms with Crippen LogP contribution in [-0.2, 0) is 27.2 Å². The van der Waals surface area contributed by atoms with Gasteiger partial charge in [-0.05, 0) is 37.7 Å². The van der Waals surface area contributed by atoms with Crippen molar-refractivity contribution in [2.24, 2.45) is 0 Å². The maximum Gasteiger partial charge on any atom is 0.341 e. The van der Waals surface area contributed by atoms with E-state index in [1.807, 2.05) is 6.92 Å². The molecular weight excluding hydrogens is 366 g/mol. The molecule has 150 valence electrons. The number of likely N-dealkylation sites (N-methyl/N-ethyl adjacent to an activating group) is 1. The molecule has 1 aliphatic carbocycles. The number of thiophene rings is 1. The molecule has 0 saturated carbocycles. The Labute approximate surface area is 164 Å². The highest BCUT2D eigenvalue weighted by Gasteiger charge is 2.27. The molecule has 1 heterocycles. The lowest BCUT2D eigenvalue weighted by molar-refractivity contribution is -0.862. The zero-order chi connectivity index (χ0) is 19.8. The molecule has 0 aromatic carbocycles. The zero-order valence-electron chi connectivity index (χ0n) is 16.4. The van der Waals surface area contributed by atoms with Gasteiger partial charge in [-0.1, -0.05) is 13.3 Å². The fourth-order valence-electron chi connectivity index (χ4n) is 3.26. The van der Waals surface area contributed by atoms with Crippen LogP contribution >= 0.6 is 11.3 Å². The van der Waals surface area contributed by atoms with Gasteiger partial charge in [0.25, 0.3) is 11.8 Å². The van der Waals surface area contributed by atoms with E-state index in [0.717, 1.165) is 49.0 Å². The molecule has 1 aliphatic rings. The van der Waals surface area contributed by atoms with Crippen molar-refractivity contribution in [3.8, 4) is 0 Å². The second-order valence-electron chi connectivity index (χ2n) is 6.97. The molecule has 0 spiro atoms. The van der Waals surface area contributed by atoms with Crippen molar-refractivity contribution in [1.82, 2.24) is 5.32 Å². The summed E-state index contributed by atoms with van der Waals surface area (Å²) in [5.74, 6) is -0.679. The smallest absolute Gasteiger partial charge is 0.341 e. The number of carbonyl (C=O) groups excluding carboxylic acids is 3. The van der Waals surface area contributed by atoms with Gasteiger partial charge in [0.1, 0.15) is 5.00 Å². The summed E-state index contributed by atoms with van der Waals surface area (Å²) in [5, 5.41) is 6.25. The van der Waals surface area contributed by atoms with Crippen LogP contribution in [0.1, 0.15) is 53.4 Å². The van der Waals surface area contributed by atoms with Crippen LogP contribution in [0.4, 0.5) is 5.00 Å². The number of anilines is 1. The summed E-state index contributed by atoms with van der Waals surface area (Å²) < 4.78 is 4.95. The van der Waals surface area contributed by atoms with Crippen LogP contribution in [0.15, 0.2) is 0 Å². The second kappa shape index (κ2) is 10.4. The maximum atomic E-state index is 12.5. The normalized spacial score (nSPS) is 14.6. The Morgan fingerprint density at radius 3 is 2.52 bits per heavy atom. The van der Waals surface area contributed by atoms with Gasteiger partial charge in [0.15, 0.2) is 13.1 Å². The number of rotatable bonds is 8. The molecule has 1 aromatic heterocycles. The van der Waals surface area contributed by atoms with E-state index in [9.17, 15) is 14.4 Å². The number of quaternary nitrogens is 1. The second-order valence-corrected chi connectivity index (χ2v) is 8.07. The zero-order valence-corrected chi connectivity index (χ0v) is 17.2. The largest absolute Gasteiger partial charge is 0.465 e. The van der Waals surface area contributed by atoms with Gasteiger partial charge in [0, 0.05) is 11.4 Å². The molecule has 3 N–H and O–H groups in total. The first-order chi connectivity index (χ1) is 13.0. The van der Waals surface area contributed by atoms with E-state index in [-0.39, 0.29) is 24.9 Å². The highest BCUT2D eigenvalue weighted by molar-refractivity contribution is 7.17. The molecular formula is C19H30N3O4S+. The third-order valence-corrected chi connectivity index (χ3v) is 5.77. The molecule has 0 fully saturated rings. The third kappa shape index (κ3) is 6.04. The van der Waals surface area contributed by atoms with Crippen molar-refractivity contribution >= 4 is 34.1 Å². The first-order valence-electron chi connectivity index (χ1n) is 9.56. The molecule has 2 amide bonds. The van der Waals surface area contributed by atoms with E-state index < -0.39 is 5.97 Å². The molecule has 1 aromatic rings. The van der Waals surface area contributed by atoms with Crippen LogP contribution < -0.4 is 15.5 Å². The Balaban J connectivity index is 2.04. The van der Waals surface area contributed by atoms with Crippen molar-refractivity contribution in [2.45, 2.75) is 45.4 Å². The Kier molecular flexibility index (Phi) is 8.24. The number of ether oxygens (including phenoxy) is 1. The first kappa shape index (κ1) is 21.4. The van der Waals surface area contributed by atoms with Crippen molar-refractivity contribution in [1.29, 1.82) is 0 Å². The topological polar surface area (TPSA) is 88.9 Å². The van der Waals surface area contributed by atoms with Crippen LogP contribution in [0.3, 0.4) is 0 Å². The van der Waals surface area contributed by atoms with Gasteiger partial charge >= 0.3 is 5.97 Å². The fourth-order valence-corrected chi connectivity index (χ4v) is 4.55. The summed E-state index contributed by atoms with van der Waals surface area (Å²) in [7, 11) is 3.16. The van der Waals surface area contributed by atoms with Crippen LogP contribution in [0, 0.1) is 0 Å². The summed E-state index contributed by atoms with van der Waals surface area (Å²) in [4.78, 5) is 38.5. The predicted molar refractivity (Wildman–Crippen MR) is 105 cm³/mol. The Morgan fingerprint density at radius 1 is 1.11 bits per heavy atom. The average molecular weight is 397 g/mol. The number of nitrogens with one attached hydrogen (secondary N) is 3. The monoisotopic (exact) mass is 396 g/mol. The van der Waals surface area contributed by atoms with E-state index in [1.54, 1.807) is 7.05 Å². The molecule has 0 radical (unpaired) electrons. The van der Waals surface area contributed by atoms with E-state index in [2.05, 4.69) is 10.6 Å². The number of amides is 2. The molecule has 27 heavy (non-hydrogen) atoms. The van der Waals surface area contributed by atoms with E-state index in [0.29, 0.717) is 17.1 Å². The van der Waals surface area contributed by atoms with Gasteiger partial charge in [0.2, 0.25) is 0 Å². The molecule has 0 saturated heterocycles. The van der Waals surface area contributed by atoms with Crippen LogP contribution in [0.5, 0.6) is 0 Å². The first-order valence-corrected chi connectivity index (χ1v) is 10.4. The highest BCUT2D eigenvalue weighted by atomic mass is 32.1. The number of hydrogen-bond acceptors (Lipinski definition) is 5. The third-order valence-electron chi connectivity index (χ3n) is 4.56. The molecule has 7 nitrogen and oxygen atoms in total. The number of esters is 1. The highest BCUT2D eigenvalue weighted by Crippen LogP contribution is 2.37. The van der Waals surface area contributed by atoms with E-state index in [4.69, 9.17) is 4.74 Å². The van der Waals surface area contributed by atoms with E-state index in [1.165, 1.54) is 23.3 Å². The minimum atomic E-state index is -0.399. The van der Waals surface area contributed by atoms with Gasteiger partial charge in [0.05, 0.1) is 19.7 Å². The van der Waals surface area contributed by atoms with Gasteiger partial charge in [-0.2, -0.15) is 0 Å². The Hall–Kier alpha value is -1.93. The van der Waals surface area contributed by atoms with Gasteiger partial charge in [-0.25, -0.2) is 4.79 Å². The lowest BCUT2D eigenvalue weighted by atomic mass is 10.1. The molecule has 8 heteroatoms. The fraction of sp³-hybridized carbons (Fsp3) is 0.632. The maximum absolute atomic E-state index is 12.5. The Morgan fingerprint density at radius 2 is 1.81 bits per heavy atom. The standard InChI is InChI=1S/C19H29N3O4S/c1-4-10-20-15(23)11-22(2)12-16(24)21-18-17(19(25)26-3)13-8-6-5-7-9-14(13)27-18/h4-12H2,1-3H3,(H,20,23)(H,21,24)/p+1. The van der Waals surface area contributed by atoms with E-state index >= 15 is 0 Å². The number of fused-ring (bicyclic) bond motifs is 1. The summed E-state index contributed by atoms with van der Waals surface area (Å²) in [6.07, 6.45) is 5.95. The Bertz CT molecular complexity index is 687. The molecule has 0 aliphatic heterocycles. The summed E-state index contributed by atoms with van der Waals surface area (Å²) >= 11 is 1.48. The SMILES string of the molecule is CCCNC(=O)C[NH+](C)CC(=O)Nc1sc2c(c1C(=O)OC)CCCCC2. The van der Waals surface area contributed by atoms with Crippen molar-refractivity contribution in [3.63, 3.8) is 0 Å². The molecule has 0 bridgehead atoms. The molecule has 1 unspecified atom stereocenters. The van der Waals surface area contributed by atoms with Crippen LogP contribution in [0.2, 0.25) is 0 Å². The van der Waals surface area contributed by atoms with Gasteiger partial charge in [-0.3, -0.25) is 9.59 Å². The predicted octanol–water partition coefficient (Wildman–Crippen LogP) is 0.783. The number of carbonyl (C=O) groups is 3. The minimum Gasteiger partial charge on any atom is -0.465 e. The van der Waals surface area contributed by atoms with Crippen LogP contribution in [0.25, 0.3) is 0 Å². The number of methoxy groups -OCH3 is 1. The van der Waals surface area contributed by atoms with Crippen molar-refractivity contribution < 1.29 is 24.0 Å². The van der Waals surface area contributed by atoms with Crippen LogP contribution in [-0.4, -0.2) is 51.6 Å². The summed E-state index contributed by atoms with van der Waals surface area (Å²) in [6.45, 7) is 3.02. The number of hydrogen-bond donors (Lipinski definition) is 3. The quantitative estimate of drug-likeness (QED) is 0.448. The molecule has 1 atom stereocenters. The van der Waals surface area contributed by atoms with Crippen molar-refractivity contribution in [2.75, 3.05) is 39.1 Å². The van der Waals surface area contributed by atoms with Gasteiger partial charge in [-0.15, -0.1) is 11.3 Å². The number of aryl methyl sites for hydroxylation is 1.